The Hall–Kier alpha value is -2.69. The molecule has 2 aliphatic carbocycles. The molecule has 2 saturated carbocycles. The number of terminal acetylenes is 1. The fourth-order valence-corrected chi connectivity index (χ4v) is 4.99. The molecule has 2 aliphatic rings. The molecule has 2 aromatic heterocycles. The molecule has 0 unspecified atom stereocenters. The zero-order valence-electron chi connectivity index (χ0n) is 19.0. The van der Waals surface area contributed by atoms with Crippen LogP contribution in [0.2, 0.25) is 0 Å². The Balaban J connectivity index is 0.00000141. The minimum absolute atomic E-state index is 0.0224. The predicted molar refractivity (Wildman–Crippen MR) is 119 cm³/mol. The van der Waals surface area contributed by atoms with E-state index in [1.54, 1.807) is 18.2 Å². The maximum absolute atomic E-state index is 13.0. The molecular formula is C24H31F3N4O. The number of nitrogens with one attached hydrogen (secondary N) is 2. The van der Waals surface area contributed by atoms with Crippen molar-refractivity contribution in [1.82, 2.24) is 14.7 Å². The highest BCUT2D eigenvalue weighted by molar-refractivity contribution is 5.84. The number of carbonyl (C=O) groups is 1. The number of halogens is 3. The number of nitrogens with zero attached hydrogens (tertiary/aromatic N) is 2. The van der Waals surface area contributed by atoms with Gasteiger partial charge in [0.1, 0.15) is 11.5 Å². The maximum Gasteiger partial charge on any atom is 0.434 e. The summed E-state index contributed by atoms with van der Waals surface area (Å²) in [6.07, 6.45) is 7.96. The van der Waals surface area contributed by atoms with E-state index in [9.17, 15) is 18.0 Å². The summed E-state index contributed by atoms with van der Waals surface area (Å²) in [5, 5.41) is 6.59. The van der Waals surface area contributed by atoms with Crippen LogP contribution in [0.15, 0.2) is 24.4 Å². The van der Waals surface area contributed by atoms with Crippen LogP contribution >= 0.6 is 0 Å². The van der Waals surface area contributed by atoms with Gasteiger partial charge in [0.2, 0.25) is 5.91 Å². The third-order valence-electron chi connectivity index (χ3n) is 7.49. The number of hydrogen-bond acceptors (Lipinski definition) is 3. The number of pyridine rings is 1. The number of amides is 1. The van der Waals surface area contributed by atoms with Crippen molar-refractivity contribution in [3.8, 4) is 12.8 Å². The van der Waals surface area contributed by atoms with Crippen LogP contribution in [0, 0.1) is 29.6 Å². The summed E-state index contributed by atoms with van der Waals surface area (Å²) in [6.45, 7) is 8.55. The number of imidazole rings is 1. The zero-order valence-corrected chi connectivity index (χ0v) is 19.0. The molecule has 0 atom stereocenters. The Morgan fingerprint density at radius 3 is 2.16 bits per heavy atom. The van der Waals surface area contributed by atoms with Gasteiger partial charge >= 0.3 is 6.18 Å². The highest BCUT2D eigenvalue weighted by atomic mass is 19.4. The summed E-state index contributed by atoms with van der Waals surface area (Å²) < 4.78 is 40.4. The second-order valence-corrected chi connectivity index (χ2v) is 9.84. The molecule has 2 N–H and O–H groups in total. The first-order valence-corrected chi connectivity index (χ1v) is 10.9. The van der Waals surface area contributed by atoms with Crippen LogP contribution in [0.4, 0.5) is 19.0 Å². The van der Waals surface area contributed by atoms with Crippen molar-refractivity contribution >= 4 is 17.4 Å². The Labute approximate surface area is 187 Å². The Morgan fingerprint density at radius 2 is 1.62 bits per heavy atom. The van der Waals surface area contributed by atoms with E-state index in [1.807, 2.05) is 0 Å². The Morgan fingerprint density at radius 1 is 1.06 bits per heavy atom. The highest BCUT2D eigenvalue weighted by Gasteiger charge is 2.68. The molecule has 2 heterocycles. The van der Waals surface area contributed by atoms with E-state index in [2.05, 4.69) is 56.2 Å². The molecule has 174 valence electrons. The monoisotopic (exact) mass is 448 g/mol. The fourth-order valence-electron chi connectivity index (χ4n) is 4.99. The first-order valence-electron chi connectivity index (χ1n) is 10.9. The largest absolute Gasteiger partial charge is 0.434 e. The lowest BCUT2D eigenvalue weighted by Crippen LogP contribution is -2.41. The second-order valence-electron chi connectivity index (χ2n) is 9.84. The number of anilines is 1. The SMILES string of the molecule is C#C.CC1(C)C(C(=O)NC2CCC(Nc3cccc4nc(C(F)(F)F)cn34)CC2)C1(C)C. The van der Waals surface area contributed by atoms with Crippen molar-refractivity contribution in [3.05, 3.63) is 30.1 Å². The number of carbonyl (C=O) groups excluding carboxylic acids is 1. The summed E-state index contributed by atoms with van der Waals surface area (Å²) in [6, 6.07) is 5.33. The van der Waals surface area contributed by atoms with Crippen molar-refractivity contribution in [2.75, 3.05) is 5.32 Å². The van der Waals surface area contributed by atoms with Crippen LogP contribution in [0.3, 0.4) is 0 Å². The molecule has 4 rings (SSSR count). The Bertz CT molecular complexity index is 984. The van der Waals surface area contributed by atoms with E-state index in [4.69, 9.17) is 0 Å². The predicted octanol–water partition coefficient (Wildman–Crippen LogP) is 5.12. The van der Waals surface area contributed by atoms with Crippen molar-refractivity contribution in [2.45, 2.75) is 71.6 Å². The molecule has 0 aromatic carbocycles. The zero-order chi connectivity index (χ0) is 23.9. The molecular weight excluding hydrogens is 417 g/mol. The van der Waals surface area contributed by atoms with E-state index in [1.165, 1.54) is 4.40 Å². The summed E-state index contributed by atoms with van der Waals surface area (Å²) in [5.74, 6) is 0.788. The van der Waals surface area contributed by atoms with Gasteiger partial charge in [-0.25, -0.2) is 4.98 Å². The molecule has 2 aromatic rings. The van der Waals surface area contributed by atoms with E-state index in [0.29, 0.717) is 5.82 Å². The van der Waals surface area contributed by atoms with E-state index in [-0.39, 0.29) is 40.4 Å². The second kappa shape index (κ2) is 8.34. The average Bonchev–Trinajstić information content (AvgIpc) is 3.01. The molecule has 0 radical (unpaired) electrons. The molecule has 0 aliphatic heterocycles. The smallest absolute Gasteiger partial charge is 0.368 e. The van der Waals surface area contributed by atoms with E-state index < -0.39 is 11.9 Å². The number of aromatic nitrogens is 2. The summed E-state index contributed by atoms with van der Waals surface area (Å²) >= 11 is 0. The van der Waals surface area contributed by atoms with Gasteiger partial charge in [-0.1, -0.05) is 33.8 Å². The van der Waals surface area contributed by atoms with Gasteiger partial charge in [-0.15, -0.1) is 12.8 Å². The quantitative estimate of drug-likeness (QED) is 0.638. The molecule has 2 fully saturated rings. The van der Waals surface area contributed by atoms with Gasteiger partial charge < -0.3 is 10.6 Å². The molecule has 8 heteroatoms. The Kier molecular flexibility index (Phi) is 6.25. The molecule has 0 spiro atoms. The first-order chi connectivity index (χ1) is 14.9. The molecule has 32 heavy (non-hydrogen) atoms. The lowest BCUT2D eigenvalue weighted by Gasteiger charge is -2.30. The van der Waals surface area contributed by atoms with E-state index >= 15 is 0 Å². The standard InChI is InChI=1S/C22H29F3N4O.C2H2/c1-20(2)18(21(20,3)4)19(30)27-14-10-8-13(9-11-14)26-16-6-5-7-17-28-15(12-29(16)17)22(23,24)25;1-2/h5-7,12-14,18,26H,8-11H2,1-4H3,(H,27,30);1-2H. The summed E-state index contributed by atoms with van der Waals surface area (Å²) in [7, 11) is 0. The minimum atomic E-state index is -4.47. The van der Waals surface area contributed by atoms with Crippen LogP contribution < -0.4 is 10.6 Å². The normalized spacial score (nSPS) is 24.3. The van der Waals surface area contributed by atoms with Crippen LogP contribution in [0.25, 0.3) is 5.65 Å². The third-order valence-corrected chi connectivity index (χ3v) is 7.49. The number of hydrogen-bond donors (Lipinski definition) is 2. The molecule has 0 bridgehead atoms. The highest BCUT2D eigenvalue weighted by Crippen LogP contribution is 2.68. The van der Waals surface area contributed by atoms with Gasteiger partial charge in [-0.2, -0.15) is 13.2 Å². The summed E-state index contributed by atoms with van der Waals surface area (Å²) in [5.41, 5.74) is -0.583. The van der Waals surface area contributed by atoms with Crippen molar-refractivity contribution < 1.29 is 18.0 Å². The van der Waals surface area contributed by atoms with Gasteiger partial charge in [-0.05, 0) is 48.6 Å². The van der Waals surface area contributed by atoms with Gasteiger partial charge in [-0.3, -0.25) is 9.20 Å². The number of rotatable bonds is 4. The van der Waals surface area contributed by atoms with Crippen LogP contribution in [-0.2, 0) is 11.0 Å². The average molecular weight is 449 g/mol. The number of fused-ring (bicyclic) bond motifs is 1. The lowest BCUT2D eigenvalue weighted by molar-refractivity contribution is -0.140. The maximum atomic E-state index is 13.0. The first kappa shape index (κ1) is 24.0. The molecule has 1 amide bonds. The van der Waals surface area contributed by atoms with Crippen molar-refractivity contribution in [1.29, 1.82) is 0 Å². The van der Waals surface area contributed by atoms with Gasteiger partial charge in [0.15, 0.2) is 5.69 Å². The van der Waals surface area contributed by atoms with Crippen molar-refractivity contribution in [2.24, 2.45) is 16.7 Å². The van der Waals surface area contributed by atoms with Crippen LogP contribution in [0.5, 0.6) is 0 Å². The minimum Gasteiger partial charge on any atom is -0.368 e. The number of alkyl halides is 3. The molecule has 5 nitrogen and oxygen atoms in total. The van der Waals surface area contributed by atoms with Crippen LogP contribution in [-0.4, -0.2) is 27.4 Å². The lowest BCUT2D eigenvalue weighted by atomic mass is 9.91. The third kappa shape index (κ3) is 4.30. The van der Waals surface area contributed by atoms with Gasteiger partial charge in [0, 0.05) is 24.2 Å². The van der Waals surface area contributed by atoms with Crippen molar-refractivity contribution in [3.63, 3.8) is 0 Å². The summed E-state index contributed by atoms with van der Waals surface area (Å²) in [4.78, 5) is 16.4. The fraction of sp³-hybridized carbons (Fsp3) is 0.583. The van der Waals surface area contributed by atoms with Gasteiger partial charge in [0.05, 0.1) is 0 Å². The van der Waals surface area contributed by atoms with Crippen LogP contribution in [0.1, 0.15) is 59.1 Å². The topological polar surface area (TPSA) is 58.4 Å². The molecule has 0 saturated heterocycles. The van der Waals surface area contributed by atoms with E-state index in [0.717, 1.165) is 31.9 Å². The van der Waals surface area contributed by atoms with Gasteiger partial charge in [0.25, 0.3) is 0 Å².